The molecule has 2 atom stereocenters. The van der Waals surface area contributed by atoms with Crippen molar-refractivity contribution in [2.45, 2.75) is 43.7 Å². The van der Waals surface area contributed by atoms with E-state index >= 15 is 4.79 Å². The highest BCUT2D eigenvalue weighted by Crippen LogP contribution is 2.29. The molecule has 4 aromatic carbocycles. The van der Waals surface area contributed by atoms with E-state index in [2.05, 4.69) is 10.1 Å². The first-order valence-electron chi connectivity index (χ1n) is 16.4. The monoisotopic (exact) mass is 719 g/mol. The number of primary amides is 1. The Balaban J connectivity index is 1.48. The Morgan fingerprint density at radius 2 is 1.56 bits per heavy atom. The molecule has 12 nitrogen and oxygen atoms in total. The molecule has 3 amide bonds. The second kappa shape index (κ2) is 14.6. The number of benzene rings is 4. The van der Waals surface area contributed by atoms with Crippen LogP contribution in [-0.4, -0.2) is 69.7 Å². The average molecular weight is 720 g/mol. The van der Waals surface area contributed by atoms with Gasteiger partial charge in [0.1, 0.15) is 17.8 Å². The van der Waals surface area contributed by atoms with Crippen LogP contribution in [0.3, 0.4) is 0 Å². The number of hydrogen-bond acceptors (Lipinski definition) is 8. The van der Waals surface area contributed by atoms with Gasteiger partial charge in [0.05, 0.1) is 11.1 Å². The summed E-state index contributed by atoms with van der Waals surface area (Å²) in [4.78, 5) is 46.6. The number of aromatic nitrogens is 2. The van der Waals surface area contributed by atoms with Gasteiger partial charge in [-0.05, 0) is 67.4 Å². The number of hydrogen-bond donors (Lipinski definition) is 3. The third-order valence-electron chi connectivity index (χ3n) is 8.96. The highest BCUT2D eigenvalue weighted by Gasteiger charge is 2.44. The maximum Gasteiger partial charge on any atom is 0.267 e. The van der Waals surface area contributed by atoms with E-state index in [-0.39, 0.29) is 23.5 Å². The Hall–Kier alpha value is -6.21. The number of fused-ring (bicyclic) bond motifs is 1. The number of phenolic OH excluding ortho intramolecular Hbond substituents is 1. The lowest BCUT2D eigenvalue weighted by molar-refractivity contribution is -0.137. The number of rotatable bonds is 12. The Kier molecular flexibility index (Phi) is 9.97. The molecule has 0 unspecified atom stereocenters. The zero-order valence-corrected chi connectivity index (χ0v) is 29.5. The number of para-hydroxylation sites is 1. The van der Waals surface area contributed by atoms with Crippen LogP contribution in [0.5, 0.6) is 5.75 Å². The molecule has 0 fully saturated rings. The van der Waals surface area contributed by atoms with Crippen LogP contribution in [0.4, 0.5) is 0 Å². The Morgan fingerprint density at radius 3 is 2.19 bits per heavy atom. The summed E-state index contributed by atoms with van der Waals surface area (Å²) in [5, 5.41) is 14.4. The molecule has 6 rings (SSSR count). The summed E-state index contributed by atoms with van der Waals surface area (Å²) in [5.41, 5.74) is 10.5. The van der Waals surface area contributed by atoms with Crippen molar-refractivity contribution in [1.29, 1.82) is 0 Å². The van der Waals surface area contributed by atoms with E-state index in [0.29, 0.717) is 37.7 Å². The third kappa shape index (κ3) is 7.30. The minimum absolute atomic E-state index is 0.122. The van der Waals surface area contributed by atoms with E-state index in [1.165, 1.54) is 18.1 Å². The van der Waals surface area contributed by atoms with Crippen molar-refractivity contribution in [3.05, 3.63) is 137 Å². The number of nitrogens with zero attached hydrogens (tertiary/aromatic N) is 3. The van der Waals surface area contributed by atoms with E-state index in [1.54, 1.807) is 60.8 Å². The number of carbonyl (C=O) groups is 3. The number of H-pyrrole nitrogens is 1. The molecule has 0 saturated heterocycles. The predicted octanol–water partition coefficient (Wildman–Crippen LogP) is 5.14. The zero-order chi connectivity index (χ0) is 37.2. The van der Waals surface area contributed by atoms with Crippen molar-refractivity contribution in [3.8, 4) is 17.1 Å². The molecule has 0 radical (unpaired) electrons. The fourth-order valence-corrected chi connectivity index (χ4v) is 7.93. The molecule has 266 valence electrons. The van der Waals surface area contributed by atoms with Gasteiger partial charge < -0.3 is 25.2 Å². The van der Waals surface area contributed by atoms with Gasteiger partial charge >= 0.3 is 0 Å². The summed E-state index contributed by atoms with van der Waals surface area (Å²) in [6.45, 7) is 3.69. The molecule has 13 heteroatoms. The Bertz CT molecular complexity index is 2330. The molecule has 0 aliphatic rings. The molecule has 2 heterocycles. The largest absolute Gasteiger partial charge is 0.508 e. The Morgan fingerprint density at radius 1 is 0.885 bits per heavy atom. The first-order valence-corrected chi connectivity index (χ1v) is 17.8. The van der Waals surface area contributed by atoms with Crippen molar-refractivity contribution < 1.29 is 32.4 Å². The molecule has 0 saturated carbocycles. The number of amides is 3. The van der Waals surface area contributed by atoms with Gasteiger partial charge in [-0.15, -0.1) is 0 Å². The van der Waals surface area contributed by atoms with Crippen LogP contribution < -0.4 is 5.73 Å². The van der Waals surface area contributed by atoms with Crippen molar-refractivity contribution in [2.75, 3.05) is 7.05 Å². The zero-order valence-electron chi connectivity index (χ0n) is 28.7. The van der Waals surface area contributed by atoms with Gasteiger partial charge in [0.15, 0.2) is 5.76 Å². The summed E-state index contributed by atoms with van der Waals surface area (Å²) in [6, 6.07) is 22.7. The SMILES string of the molecule is Cc1cc(C)cc(C(=O)N(C)[C@@H](Cc2ccc(-c3ccno3)cc2)C(=O)N([C@@H](Cc2c[nH]c3ccccc23)C(N)=O)S(=O)(=O)c2ccc(O)cc2)c1. The number of carbonyl (C=O) groups excluding carboxylic acids is 3. The lowest BCUT2D eigenvalue weighted by atomic mass is 9.99. The lowest BCUT2D eigenvalue weighted by Crippen LogP contribution is -2.58. The van der Waals surface area contributed by atoms with Gasteiger partial charge in [-0.25, -0.2) is 12.7 Å². The van der Waals surface area contributed by atoms with Gasteiger partial charge in [0.2, 0.25) is 5.91 Å². The molecule has 0 bridgehead atoms. The minimum Gasteiger partial charge on any atom is -0.508 e. The van der Waals surface area contributed by atoms with Crippen molar-refractivity contribution in [2.24, 2.45) is 5.73 Å². The number of phenols is 1. The van der Waals surface area contributed by atoms with Gasteiger partial charge in [0, 0.05) is 54.2 Å². The van der Waals surface area contributed by atoms with Crippen LogP contribution in [0, 0.1) is 13.8 Å². The number of nitrogens with one attached hydrogen (secondary N) is 1. The summed E-state index contributed by atoms with van der Waals surface area (Å²) in [5.74, 6) is -2.32. The van der Waals surface area contributed by atoms with E-state index in [1.807, 2.05) is 32.0 Å². The quantitative estimate of drug-likeness (QED) is 0.156. The fourth-order valence-electron chi connectivity index (χ4n) is 6.35. The van der Waals surface area contributed by atoms with Crippen LogP contribution in [0.2, 0.25) is 0 Å². The predicted molar refractivity (Wildman–Crippen MR) is 195 cm³/mol. The van der Waals surface area contributed by atoms with Crippen LogP contribution in [0.1, 0.15) is 32.6 Å². The van der Waals surface area contributed by atoms with Crippen LogP contribution >= 0.6 is 0 Å². The standard InChI is InChI=1S/C39H37N5O7S/c1-24-18-25(2)20-28(19-24)38(47)43(3)35(21-26-8-10-27(11-9-26)36-16-17-42-51-36)39(48)44(52(49,50)31-14-12-30(45)13-15-31)34(37(40)46)22-29-23-41-33-7-5-4-6-32(29)33/h4-20,23,34-35,41,45H,21-22H2,1-3H3,(H2,40,46)/t34-,35-/m0/s1. The molecule has 2 aromatic heterocycles. The second-order valence-corrected chi connectivity index (χ2v) is 14.5. The number of nitrogens with two attached hydrogens (primary N) is 1. The van der Waals surface area contributed by atoms with E-state index in [9.17, 15) is 23.1 Å². The van der Waals surface area contributed by atoms with Crippen LogP contribution in [0.15, 0.2) is 119 Å². The van der Waals surface area contributed by atoms with Crippen molar-refractivity contribution >= 4 is 38.6 Å². The van der Waals surface area contributed by atoms with Crippen LogP contribution in [-0.2, 0) is 32.5 Å². The van der Waals surface area contributed by atoms with E-state index < -0.39 is 39.8 Å². The average Bonchev–Trinajstić information content (AvgIpc) is 3.81. The minimum atomic E-state index is -4.82. The summed E-state index contributed by atoms with van der Waals surface area (Å²) in [7, 11) is -3.40. The summed E-state index contributed by atoms with van der Waals surface area (Å²) < 4.78 is 35.0. The fraction of sp³-hybridized carbons (Fsp3) is 0.179. The molecule has 0 spiro atoms. The van der Waals surface area contributed by atoms with Crippen molar-refractivity contribution in [1.82, 2.24) is 19.3 Å². The summed E-state index contributed by atoms with van der Waals surface area (Å²) in [6.07, 6.45) is 2.78. The highest BCUT2D eigenvalue weighted by molar-refractivity contribution is 7.89. The normalized spacial score (nSPS) is 12.7. The van der Waals surface area contributed by atoms with Gasteiger partial charge in [-0.1, -0.05) is 64.8 Å². The van der Waals surface area contributed by atoms with E-state index in [0.717, 1.165) is 40.9 Å². The molecule has 0 aliphatic carbocycles. The molecule has 4 N–H and O–H groups in total. The number of aromatic amines is 1. The molecular weight excluding hydrogens is 683 g/mol. The first kappa shape index (κ1) is 35.6. The van der Waals surface area contributed by atoms with Gasteiger partial charge in [-0.3, -0.25) is 14.4 Å². The van der Waals surface area contributed by atoms with Gasteiger partial charge in [0.25, 0.3) is 21.8 Å². The lowest BCUT2D eigenvalue weighted by Gasteiger charge is -2.35. The number of aryl methyl sites for hydroxylation is 2. The number of likely N-dealkylation sites (N-methyl/N-ethyl adjacent to an activating group) is 1. The van der Waals surface area contributed by atoms with E-state index in [4.69, 9.17) is 10.3 Å². The molecule has 0 aliphatic heterocycles. The summed E-state index contributed by atoms with van der Waals surface area (Å²) >= 11 is 0. The number of sulfonamides is 1. The maximum atomic E-state index is 15.1. The second-order valence-electron chi connectivity index (χ2n) is 12.7. The maximum absolute atomic E-state index is 15.1. The smallest absolute Gasteiger partial charge is 0.267 e. The topological polar surface area (TPSA) is 180 Å². The van der Waals surface area contributed by atoms with Crippen LogP contribution in [0.25, 0.3) is 22.2 Å². The first-order chi connectivity index (χ1) is 24.8. The Labute approximate surface area is 300 Å². The molecule has 6 aromatic rings. The molecular formula is C39H37N5O7S. The highest BCUT2D eigenvalue weighted by atomic mass is 32.2. The third-order valence-corrected chi connectivity index (χ3v) is 10.8. The van der Waals surface area contributed by atoms with Crippen molar-refractivity contribution in [3.63, 3.8) is 0 Å². The number of aromatic hydroxyl groups is 1. The van der Waals surface area contributed by atoms with Gasteiger partial charge in [-0.2, -0.15) is 0 Å². The molecule has 52 heavy (non-hydrogen) atoms.